The Balaban J connectivity index is 1.38. The maximum Gasteiger partial charge on any atom is 0.325 e. The van der Waals surface area contributed by atoms with E-state index in [1.54, 1.807) is 7.11 Å². The first-order valence-electron chi connectivity index (χ1n) is 10.1. The Labute approximate surface area is 160 Å². The fourth-order valence-electron chi connectivity index (χ4n) is 4.97. The molecule has 2 saturated heterocycles. The molecule has 0 aromatic heterocycles. The van der Waals surface area contributed by atoms with Crippen LogP contribution in [-0.2, 0) is 11.2 Å². The van der Waals surface area contributed by atoms with Crippen LogP contribution in [0.3, 0.4) is 0 Å². The summed E-state index contributed by atoms with van der Waals surface area (Å²) in [5.74, 6) is 0.923. The second-order valence-electron chi connectivity index (χ2n) is 8.02. The van der Waals surface area contributed by atoms with Crippen LogP contribution < -0.4 is 10.1 Å². The molecule has 2 aliphatic heterocycles. The van der Waals surface area contributed by atoms with Gasteiger partial charge in [-0.1, -0.05) is 31.0 Å². The van der Waals surface area contributed by atoms with E-state index >= 15 is 0 Å². The topological polar surface area (TPSA) is 61.9 Å². The van der Waals surface area contributed by atoms with Gasteiger partial charge in [-0.05, 0) is 50.3 Å². The van der Waals surface area contributed by atoms with E-state index in [9.17, 15) is 9.59 Å². The second kappa shape index (κ2) is 7.50. The normalized spacial score (nSPS) is 24.8. The molecule has 6 heteroatoms. The molecule has 2 heterocycles. The van der Waals surface area contributed by atoms with Gasteiger partial charge >= 0.3 is 6.03 Å². The Bertz CT molecular complexity index is 714. The molecule has 1 unspecified atom stereocenters. The number of urea groups is 1. The number of likely N-dealkylation sites (tertiary alicyclic amines) is 1. The van der Waals surface area contributed by atoms with E-state index in [1.807, 2.05) is 18.2 Å². The number of ether oxygens (including phenoxy) is 1. The van der Waals surface area contributed by atoms with Gasteiger partial charge in [0, 0.05) is 19.1 Å². The van der Waals surface area contributed by atoms with E-state index in [1.165, 1.54) is 10.5 Å². The number of methoxy groups -OCH3 is 1. The number of benzene rings is 1. The molecule has 1 atom stereocenters. The first-order valence-corrected chi connectivity index (χ1v) is 10.1. The van der Waals surface area contributed by atoms with Gasteiger partial charge in [0.25, 0.3) is 5.91 Å². The van der Waals surface area contributed by atoms with Crippen molar-refractivity contribution < 1.29 is 14.3 Å². The van der Waals surface area contributed by atoms with Crippen molar-refractivity contribution in [1.82, 2.24) is 15.1 Å². The first kappa shape index (κ1) is 18.3. The lowest BCUT2D eigenvalue weighted by atomic mass is 9.98. The minimum Gasteiger partial charge on any atom is -0.496 e. The van der Waals surface area contributed by atoms with E-state index in [2.05, 4.69) is 16.3 Å². The largest absolute Gasteiger partial charge is 0.496 e. The van der Waals surface area contributed by atoms with E-state index in [-0.39, 0.29) is 11.9 Å². The fourth-order valence-corrected chi connectivity index (χ4v) is 4.97. The highest BCUT2D eigenvalue weighted by atomic mass is 16.5. The molecule has 1 saturated carbocycles. The van der Waals surface area contributed by atoms with Crippen LogP contribution in [0.1, 0.15) is 44.1 Å². The number of imide groups is 1. The molecule has 1 spiro atoms. The minimum atomic E-state index is -0.598. The molecule has 3 amide bonds. The third kappa shape index (κ3) is 3.43. The summed E-state index contributed by atoms with van der Waals surface area (Å²) in [4.78, 5) is 29.0. The number of carbonyl (C=O) groups excluding carboxylic acids is 2. The lowest BCUT2D eigenvalue weighted by Crippen LogP contribution is -2.45. The van der Waals surface area contributed by atoms with Crippen LogP contribution in [0.5, 0.6) is 5.75 Å². The Morgan fingerprint density at radius 3 is 2.70 bits per heavy atom. The van der Waals surface area contributed by atoms with Crippen LogP contribution in [0.2, 0.25) is 0 Å². The van der Waals surface area contributed by atoms with Crippen molar-refractivity contribution >= 4 is 11.9 Å². The number of hydrogen-bond acceptors (Lipinski definition) is 4. The highest BCUT2D eigenvalue weighted by Gasteiger charge is 2.52. The van der Waals surface area contributed by atoms with Gasteiger partial charge in [0.1, 0.15) is 11.3 Å². The predicted octanol–water partition coefficient (Wildman–Crippen LogP) is 2.57. The summed E-state index contributed by atoms with van der Waals surface area (Å²) in [6, 6.07) is 8.39. The lowest BCUT2D eigenvalue weighted by Gasteiger charge is -2.27. The second-order valence-corrected chi connectivity index (χ2v) is 8.02. The van der Waals surface area contributed by atoms with Crippen LogP contribution in [0.15, 0.2) is 24.3 Å². The number of para-hydroxylation sites is 1. The Morgan fingerprint density at radius 1 is 1.15 bits per heavy atom. The molecule has 1 N–H and O–H groups in total. The quantitative estimate of drug-likeness (QED) is 0.781. The molecule has 3 fully saturated rings. The molecule has 0 bridgehead atoms. The molecule has 6 nitrogen and oxygen atoms in total. The van der Waals surface area contributed by atoms with E-state index in [4.69, 9.17) is 4.74 Å². The molecule has 4 rings (SSSR count). The van der Waals surface area contributed by atoms with E-state index in [0.717, 1.165) is 63.8 Å². The molecule has 1 aromatic rings. The SMILES string of the molecule is COc1ccccc1CC1CCCN1CCN1C(=O)NC2(CCCC2)C1=O. The average molecular weight is 371 g/mol. The number of carbonyl (C=O) groups is 2. The van der Waals surface area contributed by atoms with Crippen molar-refractivity contribution in [3.63, 3.8) is 0 Å². The molecular formula is C21H29N3O3. The average Bonchev–Trinajstić information content (AvgIpc) is 3.37. The monoisotopic (exact) mass is 371 g/mol. The molecule has 0 radical (unpaired) electrons. The maximum atomic E-state index is 12.8. The number of rotatable bonds is 6. The predicted molar refractivity (Wildman–Crippen MR) is 103 cm³/mol. The van der Waals surface area contributed by atoms with Crippen molar-refractivity contribution in [3.05, 3.63) is 29.8 Å². The third-order valence-electron chi connectivity index (χ3n) is 6.46. The van der Waals surface area contributed by atoms with Gasteiger partial charge in [-0.2, -0.15) is 0 Å². The van der Waals surface area contributed by atoms with Crippen molar-refractivity contribution in [2.45, 2.75) is 56.5 Å². The lowest BCUT2D eigenvalue weighted by molar-refractivity contribution is -0.131. The third-order valence-corrected chi connectivity index (χ3v) is 6.46. The molecule has 27 heavy (non-hydrogen) atoms. The smallest absolute Gasteiger partial charge is 0.325 e. The van der Waals surface area contributed by atoms with Crippen LogP contribution in [0.4, 0.5) is 4.79 Å². The van der Waals surface area contributed by atoms with Gasteiger partial charge in [-0.25, -0.2) is 4.79 Å². The number of amides is 3. The molecule has 1 aromatic carbocycles. The fraction of sp³-hybridized carbons (Fsp3) is 0.619. The van der Waals surface area contributed by atoms with Crippen LogP contribution in [0, 0.1) is 0 Å². The van der Waals surface area contributed by atoms with Gasteiger partial charge < -0.3 is 10.1 Å². The van der Waals surface area contributed by atoms with Gasteiger partial charge in [-0.15, -0.1) is 0 Å². The minimum absolute atomic E-state index is 0.00882. The number of nitrogens with zero attached hydrogens (tertiary/aromatic N) is 2. The molecule has 3 aliphatic rings. The Hall–Kier alpha value is -2.08. The molecular weight excluding hydrogens is 342 g/mol. The van der Waals surface area contributed by atoms with Crippen LogP contribution in [0.25, 0.3) is 0 Å². The van der Waals surface area contributed by atoms with Crippen LogP contribution in [-0.4, -0.2) is 60.1 Å². The standard InChI is InChI=1S/C21H29N3O3/c1-27-18-9-3-2-7-16(18)15-17-8-6-12-23(17)13-14-24-19(25)21(22-20(24)26)10-4-5-11-21/h2-3,7,9,17H,4-6,8,10-15H2,1H3,(H,22,26). The zero-order chi connectivity index (χ0) is 18.9. The summed E-state index contributed by atoms with van der Waals surface area (Å²) in [7, 11) is 1.71. The zero-order valence-corrected chi connectivity index (χ0v) is 16.1. The summed E-state index contributed by atoms with van der Waals surface area (Å²) in [5.41, 5.74) is 0.621. The van der Waals surface area contributed by atoms with Crippen molar-refractivity contribution in [1.29, 1.82) is 0 Å². The van der Waals surface area contributed by atoms with Crippen molar-refractivity contribution in [2.24, 2.45) is 0 Å². The van der Waals surface area contributed by atoms with Crippen molar-refractivity contribution in [2.75, 3.05) is 26.7 Å². The summed E-state index contributed by atoms with van der Waals surface area (Å²) in [5, 5.41) is 2.97. The summed E-state index contributed by atoms with van der Waals surface area (Å²) in [6.45, 7) is 2.25. The van der Waals surface area contributed by atoms with Gasteiger partial charge in [0.15, 0.2) is 0 Å². The summed E-state index contributed by atoms with van der Waals surface area (Å²) < 4.78 is 5.49. The molecule has 146 valence electrons. The van der Waals surface area contributed by atoms with Crippen molar-refractivity contribution in [3.8, 4) is 5.75 Å². The van der Waals surface area contributed by atoms with Gasteiger partial charge in [0.05, 0.1) is 7.11 Å². The first-order chi connectivity index (χ1) is 13.1. The van der Waals surface area contributed by atoms with E-state index in [0.29, 0.717) is 12.6 Å². The van der Waals surface area contributed by atoms with E-state index < -0.39 is 5.54 Å². The molecule has 1 aliphatic carbocycles. The highest BCUT2D eigenvalue weighted by Crippen LogP contribution is 2.35. The van der Waals surface area contributed by atoms with Crippen LogP contribution >= 0.6 is 0 Å². The Kier molecular flexibility index (Phi) is 5.08. The van der Waals surface area contributed by atoms with Gasteiger partial charge in [-0.3, -0.25) is 14.6 Å². The highest BCUT2D eigenvalue weighted by molar-refractivity contribution is 6.07. The summed E-state index contributed by atoms with van der Waals surface area (Å²) >= 11 is 0. The maximum absolute atomic E-state index is 12.8. The number of nitrogens with one attached hydrogen (secondary N) is 1. The zero-order valence-electron chi connectivity index (χ0n) is 16.1. The number of hydrogen-bond donors (Lipinski definition) is 1. The van der Waals surface area contributed by atoms with Gasteiger partial charge in [0.2, 0.25) is 0 Å². The Morgan fingerprint density at radius 2 is 1.93 bits per heavy atom. The summed E-state index contributed by atoms with van der Waals surface area (Å²) in [6.07, 6.45) is 6.85.